The monoisotopic (exact) mass is 295 g/mol. The van der Waals surface area contributed by atoms with Crippen LogP contribution in [0.4, 0.5) is 0 Å². The Morgan fingerprint density at radius 1 is 1.19 bits per heavy atom. The molecule has 3 fully saturated rings. The van der Waals surface area contributed by atoms with E-state index < -0.39 is 0 Å². The fourth-order valence-electron chi connectivity index (χ4n) is 3.77. The van der Waals surface area contributed by atoms with Crippen molar-refractivity contribution in [2.24, 2.45) is 11.3 Å². The predicted molar refractivity (Wildman–Crippen MR) is 77.7 cm³/mol. The maximum absolute atomic E-state index is 12.6. The van der Waals surface area contributed by atoms with Crippen LogP contribution in [-0.4, -0.2) is 74.6 Å². The second kappa shape index (κ2) is 5.93. The maximum atomic E-state index is 12.6. The van der Waals surface area contributed by atoms with Gasteiger partial charge in [0.2, 0.25) is 5.91 Å². The molecule has 2 heterocycles. The second-order valence-electron chi connectivity index (χ2n) is 6.55. The normalized spacial score (nSPS) is 28.4. The van der Waals surface area contributed by atoms with Crippen LogP contribution in [0.1, 0.15) is 19.3 Å². The number of carbonyl (C=O) groups is 2. The average Bonchev–Trinajstić information content (AvgIpc) is 3.21. The van der Waals surface area contributed by atoms with E-state index in [-0.39, 0.29) is 11.9 Å². The number of piperazine rings is 1. The summed E-state index contributed by atoms with van der Waals surface area (Å²) in [6.07, 6.45) is 3.37. The first-order valence-corrected chi connectivity index (χ1v) is 7.93. The summed E-state index contributed by atoms with van der Waals surface area (Å²) in [5.74, 6) is 0.395. The van der Waals surface area contributed by atoms with E-state index in [2.05, 4.69) is 15.0 Å². The van der Waals surface area contributed by atoms with Crippen molar-refractivity contribution < 1.29 is 14.3 Å². The fourth-order valence-corrected chi connectivity index (χ4v) is 3.77. The van der Waals surface area contributed by atoms with Crippen molar-refractivity contribution in [3.05, 3.63) is 0 Å². The molecule has 21 heavy (non-hydrogen) atoms. The minimum atomic E-state index is -0.203. The first-order chi connectivity index (χ1) is 10.1. The predicted octanol–water partition coefficient (Wildman–Crippen LogP) is -0.307. The molecule has 0 bridgehead atoms. The summed E-state index contributed by atoms with van der Waals surface area (Å²) in [6.45, 7) is 5.44. The lowest BCUT2D eigenvalue weighted by Crippen LogP contribution is -2.50. The molecule has 2 aliphatic heterocycles. The van der Waals surface area contributed by atoms with E-state index in [1.165, 1.54) is 7.11 Å². The highest BCUT2D eigenvalue weighted by Crippen LogP contribution is 2.59. The molecule has 0 radical (unpaired) electrons. The van der Waals surface area contributed by atoms with Gasteiger partial charge in [-0.25, -0.2) is 0 Å². The van der Waals surface area contributed by atoms with Crippen LogP contribution < -0.4 is 5.32 Å². The number of hydrogen-bond acceptors (Lipinski definition) is 5. The van der Waals surface area contributed by atoms with Crippen molar-refractivity contribution in [1.82, 2.24) is 15.1 Å². The number of hydrogen-bond donors (Lipinski definition) is 1. The Morgan fingerprint density at radius 3 is 2.48 bits per heavy atom. The molecule has 0 aromatic heterocycles. The molecule has 1 amide bonds. The third-order valence-corrected chi connectivity index (χ3v) is 5.35. The van der Waals surface area contributed by atoms with E-state index in [4.69, 9.17) is 0 Å². The molecule has 3 aliphatic rings. The maximum Gasteiger partial charge on any atom is 0.319 e. The Kier molecular flexibility index (Phi) is 4.17. The molecule has 6 heteroatoms. The highest BCUT2D eigenvalue weighted by atomic mass is 16.5. The van der Waals surface area contributed by atoms with Gasteiger partial charge < -0.3 is 15.0 Å². The Labute approximate surface area is 125 Å². The molecule has 1 spiro atoms. The smallest absolute Gasteiger partial charge is 0.319 e. The van der Waals surface area contributed by atoms with Gasteiger partial charge in [-0.1, -0.05) is 0 Å². The number of nitrogens with one attached hydrogen (secondary N) is 1. The van der Waals surface area contributed by atoms with Crippen LogP contribution in [0.25, 0.3) is 0 Å². The second-order valence-corrected chi connectivity index (χ2v) is 6.55. The van der Waals surface area contributed by atoms with Gasteiger partial charge in [-0.15, -0.1) is 0 Å². The largest absolute Gasteiger partial charge is 0.468 e. The molecule has 0 aromatic carbocycles. The van der Waals surface area contributed by atoms with Gasteiger partial charge in [-0.2, -0.15) is 0 Å². The molecule has 1 aliphatic carbocycles. The Hall–Kier alpha value is -1.14. The van der Waals surface area contributed by atoms with Gasteiger partial charge in [0.15, 0.2) is 0 Å². The van der Waals surface area contributed by atoms with Crippen LogP contribution in [0.15, 0.2) is 0 Å². The first kappa shape index (κ1) is 14.8. The number of nitrogens with zero attached hydrogens (tertiary/aromatic N) is 2. The van der Waals surface area contributed by atoms with Crippen molar-refractivity contribution in [3.8, 4) is 0 Å². The summed E-state index contributed by atoms with van der Waals surface area (Å²) >= 11 is 0. The van der Waals surface area contributed by atoms with E-state index in [9.17, 15) is 9.59 Å². The van der Waals surface area contributed by atoms with Crippen LogP contribution >= 0.6 is 0 Å². The van der Waals surface area contributed by atoms with E-state index in [0.717, 1.165) is 58.5 Å². The number of carbonyl (C=O) groups excluding carboxylic acids is 2. The molecular weight excluding hydrogens is 270 g/mol. The van der Waals surface area contributed by atoms with Gasteiger partial charge in [-0.3, -0.25) is 14.5 Å². The first-order valence-electron chi connectivity index (χ1n) is 7.93. The highest BCUT2D eigenvalue weighted by Gasteiger charge is 2.58. The molecule has 1 saturated carbocycles. The average molecular weight is 295 g/mol. The Bertz CT molecular complexity index is 412. The molecule has 118 valence electrons. The lowest BCUT2D eigenvalue weighted by atomic mass is 9.91. The fraction of sp³-hybridized carbons (Fsp3) is 0.867. The number of methoxy groups -OCH3 is 1. The minimum Gasteiger partial charge on any atom is -0.468 e. The molecule has 1 unspecified atom stereocenters. The Balaban J connectivity index is 1.47. The molecule has 3 rings (SSSR count). The molecule has 0 aromatic rings. The third-order valence-electron chi connectivity index (χ3n) is 5.35. The molecule has 1 atom stereocenters. The van der Waals surface area contributed by atoms with Crippen LogP contribution in [0.5, 0.6) is 0 Å². The van der Waals surface area contributed by atoms with Crippen LogP contribution in [0.3, 0.4) is 0 Å². The van der Waals surface area contributed by atoms with Crippen LogP contribution in [-0.2, 0) is 14.3 Å². The topological polar surface area (TPSA) is 61.9 Å². The summed E-state index contributed by atoms with van der Waals surface area (Å²) < 4.78 is 4.68. The standard InChI is InChI=1S/C15H25N3O3/c1-21-13(19)11-17-6-8-18(9-7-17)14(20)12-10-15(12)2-4-16-5-3-15/h12,16H,2-11H2,1H3. The number of piperidine rings is 1. The zero-order chi connectivity index (χ0) is 14.9. The van der Waals surface area contributed by atoms with Crippen molar-refractivity contribution >= 4 is 11.9 Å². The number of rotatable bonds is 3. The quantitative estimate of drug-likeness (QED) is 0.724. The van der Waals surface area contributed by atoms with E-state index >= 15 is 0 Å². The molecule has 1 N–H and O–H groups in total. The molecule has 6 nitrogen and oxygen atoms in total. The molecular formula is C15H25N3O3. The summed E-state index contributed by atoms with van der Waals surface area (Å²) in [6, 6.07) is 0. The van der Waals surface area contributed by atoms with Gasteiger partial charge in [0.05, 0.1) is 13.7 Å². The van der Waals surface area contributed by atoms with Crippen molar-refractivity contribution in [2.45, 2.75) is 19.3 Å². The molecule has 2 saturated heterocycles. The van der Waals surface area contributed by atoms with Gasteiger partial charge >= 0.3 is 5.97 Å². The van der Waals surface area contributed by atoms with Crippen LogP contribution in [0, 0.1) is 11.3 Å². The van der Waals surface area contributed by atoms with E-state index in [1.807, 2.05) is 4.90 Å². The Morgan fingerprint density at radius 2 is 1.86 bits per heavy atom. The summed E-state index contributed by atoms with van der Waals surface area (Å²) in [7, 11) is 1.41. The summed E-state index contributed by atoms with van der Waals surface area (Å²) in [4.78, 5) is 27.9. The number of ether oxygens (including phenoxy) is 1. The van der Waals surface area contributed by atoms with Gasteiger partial charge in [0.25, 0.3) is 0 Å². The van der Waals surface area contributed by atoms with E-state index in [1.54, 1.807) is 0 Å². The van der Waals surface area contributed by atoms with Crippen molar-refractivity contribution in [2.75, 3.05) is 52.9 Å². The van der Waals surface area contributed by atoms with Gasteiger partial charge in [-0.05, 0) is 37.8 Å². The number of esters is 1. The summed E-state index contributed by atoms with van der Waals surface area (Å²) in [5, 5.41) is 3.37. The van der Waals surface area contributed by atoms with Crippen molar-refractivity contribution in [3.63, 3.8) is 0 Å². The van der Waals surface area contributed by atoms with Gasteiger partial charge in [0, 0.05) is 32.1 Å². The minimum absolute atomic E-state index is 0.203. The van der Waals surface area contributed by atoms with Crippen LogP contribution in [0.2, 0.25) is 0 Å². The number of amides is 1. The highest BCUT2D eigenvalue weighted by molar-refractivity contribution is 5.83. The SMILES string of the molecule is COC(=O)CN1CCN(C(=O)C2CC23CCNCC3)CC1. The lowest BCUT2D eigenvalue weighted by Gasteiger charge is -2.35. The van der Waals surface area contributed by atoms with Crippen molar-refractivity contribution in [1.29, 1.82) is 0 Å². The zero-order valence-electron chi connectivity index (χ0n) is 12.8. The summed E-state index contributed by atoms with van der Waals surface area (Å²) in [5.41, 5.74) is 0.311. The van der Waals surface area contributed by atoms with E-state index in [0.29, 0.717) is 17.9 Å². The zero-order valence-corrected chi connectivity index (χ0v) is 12.8. The van der Waals surface area contributed by atoms with Gasteiger partial charge in [0.1, 0.15) is 0 Å². The third kappa shape index (κ3) is 3.06. The lowest BCUT2D eigenvalue weighted by molar-refractivity contribution is -0.143.